The van der Waals surface area contributed by atoms with Crippen molar-refractivity contribution in [3.63, 3.8) is 0 Å². The fraction of sp³-hybridized carbons (Fsp3) is 0.227. The molecule has 0 bridgehead atoms. The van der Waals surface area contributed by atoms with E-state index in [4.69, 9.17) is 13.9 Å². The molecule has 1 unspecified atom stereocenters. The van der Waals surface area contributed by atoms with Crippen molar-refractivity contribution < 1.29 is 29.2 Å². The van der Waals surface area contributed by atoms with Gasteiger partial charge in [0.15, 0.2) is 5.60 Å². The Hall–Kier alpha value is -3.45. The van der Waals surface area contributed by atoms with Crippen molar-refractivity contribution in [3.8, 4) is 17.2 Å². The molecular formula is C22H18O7. The summed E-state index contributed by atoms with van der Waals surface area (Å²) in [7, 11) is 0. The molecule has 5 rings (SSSR count). The largest absolute Gasteiger partial charge is 0.507 e. The number of allylic oxidation sites excluding steroid dienone is 2. The number of phenolic OH excluding ortho intramolecular Hbond substituents is 2. The van der Waals surface area contributed by atoms with Gasteiger partial charge in [-0.25, -0.2) is 0 Å². The summed E-state index contributed by atoms with van der Waals surface area (Å²) in [6, 6.07) is 4.58. The fourth-order valence-corrected chi connectivity index (χ4v) is 3.89. The van der Waals surface area contributed by atoms with E-state index in [0.717, 1.165) is 11.1 Å². The van der Waals surface area contributed by atoms with Crippen LogP contribution in [0.1, 0.15) is 25.0 Å². The van der Waals surface area contributed by atoms with Gasteiger partial charge in [0.25, 0.3) is 6.29 Å². The van der Waals surface area contributed by atoms with Crippen LogP contribution in [0.4, 0.5) is 0 Å². The summed E-state index contributed by atoms with van der Waals surface area (Å²) < 4.78 is 16.8. The Morgan fingerprint density at radius 2 is 2.03 bits per heavy atom. The van der Waals surface area contributed by atoms with Crippen molar-refractivity contribution >= 4 is 21.9 Å². The van der Waals surface area contributed by atoms with E-state index < -0.39 is 23.1 Å². The van der Waals surface area contributed by atoms with Gasteiger partial charge in [0.1, 0.15) is 39.2 Å². The summed E-state index contributed by atoms with van der Waals surface area (Å²) in [4.78, 5) is 13.2. The van der Waals surface area contributed by atoms with E-state index >= 15 is 0 Å². The highest BCUT2D eigenvalue weighted by Crippen LogP contribution is 2.52. The van der Waals surface area contributed by atoms with Crippen molar-refractivity contribution in [2.75, 3.05) is 0 Å². The minimum atomic E-state index is -1.71. The first kappa shape index (κ1) is 17.6. The van der Waals surface area contributed by atoms with Gasteiger partial charge >= 0.3 is 0 Å². The minimum absolute atomic E-state index is 0.0203. The van der Waals surface area contributed by atoms with Gasteiger partial charge in [0, 0.05) is 6.07 Å². The first-order valence-electron chi connectivity index (χ1n) is 9.14. The number of hydrogen-bond acceptors (Lipinski definition) is 7. The zero-order chi connectivity index (χ0) is 20.5. The number of fused-ring (bicyclic) bond motifs is 5. The SMILES string of the molecule is CC(C)=CCc1ccc(O)c2c(=O)c3c(O)c4c(cc3oc12)OC1OC=C[C@@]41O. The molecule has 2 aliphatic rings. The lowest BCUT2D eigenvalue weighted by molar-refractivity contribution is -0.110. The Morgan fingerprint density at radius 1 is 1.24 bits per heavy atom. The molecule has 0 saturated heterocycles. The summed E-state index contributed by atoms with van der Waals surface area (Å²) >= 11 is 0. The highest BCUT2D eigenvalue weighted by molar-refractivity contribution is 5.98. The van der Waals surface area contributed by atoms with Gasteiger partial charge in [-0.15, -0.1) is 0 Å². The van der Waals surface area contributed by atoms with Crippen LogP contribution in [0.2, 0.25) is 0 Å². The number of ether oxygens (including phenoxy) is 2. The number of rotatable bonds is 2. The van der Waals surface area contributed by atoms with Crippen LogP contribution in [0.3, 0.4) is 0 Å². The third-order valence-electron chi connectivity index (χ3n) is 5.36. The van der Waals surface area contributed by atoms with Crippen molar-refractivity contribution in [1.82, 2.24) is 0 Å². The molecule has 0 radical (unpaired) electrons. The van der Waals surface area contributed by atoms with Crippen molar-refractivity contribution in [2.24, 2.45) is 0 Å². The van der Waals surface area contributed by atoms with Crippen LogP contribution < -0.4 is 10.2 Å². The van der Waals surface area contributed by atoms with Crippen LogP contribution >= 0.6 is 0 Å². The molecule has 2 aliphatic heterocycles. The molecular weight excluding hydrogens is 376 g/mol. The summed E-state index contributed by atoms with van der Waals surface area (Å²) in [6.45, 7) is 3.93. The monoisotopic (exact) mass is 394 g/mol. The quantitative estimate of drug-likeness (QED) is 0.452. The van der Waals surface area contributed by atoms with Crippen LogP contribution in [-0.2, 0) is 16.8 Å². The highest BCUT2D eigenvalue weighted by atomic mass is 16.7. The molecule has 3 aromatic rings. The number of hydrogen-bond donors (Lipinski definition) is 3. The zero-order valence-corrected chi connectivity index (χ0v) is 15.7. The first-order valence-corrected chi connectivity index (χ1v) is 9.14. The molecule has 2 atom stereocenters. The molecule has 0 aliphatic carbocycles. The third kappa shape index (κ3) is 2.31. The van der Waals surface area contributed by atoms with Crippen molar-refractivity contribution in [1.29, 1.82) is 0 Å². The van der Waals surface area contributed by atoms with E-state index in [1.165, 1.54) is 24.5 Å². The van der Waals surface area contributed by atoms with Gasteiger partial charge < -0.3 is 29.2 Å². The molecule has 1 aromatic heterocycles. The van der Waals surface area contributed by atoms with E-state index in [-0.39, 0.29) is 39.0 Å². The average Bonchev–Trinajstić information content (AvgIpc) is 3.13. The second-order valence-corrected chi connectivity index (χ2v) is 7.55. The van der Waals surface area contributed by atoms with E-state index in [2.05, 4.69) is 0 Å². The van der Waals surface area contributed by atoms with E-state index in [1.807, 2.05) is 19.9 Å². The standard InChI is InChI=1S/C22H18O7/c1-10(2)3-4-11-5-6-12(23)15-18(24)16-13(28-20(11)15)9-14-17(19(16)25)22(26)7-8-27-21(22)29-14/h3,5-9,21,23,25-26H,4H2,1-2H3/t21?,22-/m1/s1. The van der Waals surface area contributed by atoms with E-state index in [1.54, 1.807) is 6.07 Å². The molecule has 7 nitrogen and oxygen atoms in total. The molecule has 7 heteroatoms. The maximum Gasteiger partial charge on any atom is 0.277 e. The Balaban J connectivity index is 1.86. The number of benzene rings is 2. The second kappa shape index (κ2) is 5.78. The Bertz CT molecular complexity index is 1310. The van der Waals surface area contributed by atoms with Crippen LogP contribution in [0, 0.1) is 0 Å². The molecule has 29 heavy (non-hydrogen) atoms. The van der Waals surface area contributed by atoms with Crippen molar-refractivity contribution in [2.45, 2.75) is 32.2 Å². The van der Waals surface area contributed by atoms with Crippen LogP contribution in [0.25, 0.3) is 21.9 Å². The topological polar surface area (TPSA) is 109 Å². The lowest BCUT2D eigenvalue weighted by Gasteiger charge is -2.18. The number of aromatic hydroxyl groups is 2. The molecule has 0 fully saturated rings. The number of aliphatic hydroxyl groups is 1. The van der Waals surface area contributed by atoms with Gasteiger partial charge in [-0.05, 0) is 38.0 Å². The molecule has 0 amide bonds. The summed E-state index contributed by atoms with van der Waals surface area (Å²) in [5.41, 5.74) is -0.0966. The molecule has 2 aromatic carbocycles. The predicted octanol–water partition coefficient (Wildman–Crippen LogP) is 3.32. The number of phenols is 2. The molecule has 0 spiro atoms. The maximum absolute atomic E-state index is 13.2. The average molecular weight is 394 g/mol. The third-order valence-corrected chi connectivity index (χ3v) is 5.36. The Morgan fingerprint density at radius 3 is 2.79 bits per heavy atom. The van der Waals surface area contributed by atoms with E-state index in [9.17, 15) is 20.1 Å². The van der Waals surface area contributed by atoms with Crippen LogP contribution in [0.5, 0.6) is 17.2 Å². The van der Waals surface area contributed by atoms with Gasteiger partial charge in [0.05, 0.1) is 11.8 Å². The van der Waals surface area contributed by atoms with E-state index in [0.29, 0.717) is 6.42 Å². The summed E-state index contributed by atoms with van der Waals surface area (Å²) in [5, 5.41) is 31.9. The summed E-state index contributed by atoms with van der Waals surface area (Å²) in [6.07, 6.45) is 4.08. The predicted molar refractivity (Wildman–Crippen MR) is 105 cm³/mol. The molecule has 0 saturated carbocycles. The second-order valence-electron chi connectivity index (χ2n) is 7.55. The molecule has 3 N–H and O–H groups in total. The highest BCUT2D eigenvalue weighted by Gasteiger charge is 2.53. The lowest BCUT2D eigenvalue weighted by Crippen LogP contribution is -2.33. The fourth-order valence-electron chi connectivity index (χ4n) is 3.89. The minimum Gasteiger partial charge on any atom is -0.507 e. The molecule has 3 heterocycles. The lowest BCUT2D eigenvalue weighted by atomic mass is 9.92. The maximum atomic E-state index is 13.2. The zero-order valence-electron chi connectivity index (χ0n) is 15.7. The van der Waals surface area contributed by atoms with Crippen molar-refractivity contribution in [3.05, 3.63) is 63.5 Å². The van der Waals surface area contributed by atoms with Crippen LogP contribution in [-0.4, -0.2) is 21.6 Å². The van der Waals surface area contributed by atoms with Gasteiger partial charge in [-0.3, -0.25) is 4.79 Å². The Labute approximate surface area is 164 Å². The Kier molecular flexibility index (Phi) is 3.51. The van der Waals surface area contributed by atoms with Crippen LogP contribution in [0.15, 0.2) is 51.4 Å². The van der Waals surface area contributed by atoms with Gasteiger partial charge in [-0.1, -0.05) is 17.7 Å². The normalized spacial score (nSPS) is 21.7. The van der Waals surface area contributed by atoms with Gasteiger partial charge in [-0.2, -0.15) is 0 Å². The molecule has 148 valence electrons. The summed E-state index contributed by atoms with van der Waals surface area (Å²) in [5.74, 6) is -0.531. The van der Waals surface area contributed by atoms with Gasteiger partial charge in [0.2, 0.25) is 5.43 Å². The smallest absolute Gasteiger partial charge is 0.277 e. The first-order chi connectivity index (χ1) is 13.8.